The highest BCUT2D eigenvalue weighted by molar-refractivity contribution is 5.31. The molecule has 20 heavy (non-hydrogen) atoms. The van der Waals surface area contributed by atoms with Crippen LogP contribution in [0.25, 0.3) is 0 Å². The second-order valence-corrected chi connectivity index (χ2v) is 5.49. The first kappa shape index (κ1) is 14.7. The van der Waals surface area contributed by atoms with Gasteiger partial charge in [0.15, 0.2) is 0 Å². The van der Waals surface area contributed by atoms with Crippen LogP contribution in [0.15, 0.2) is 30.5 Å². The molecule has 0 saturated heterocycles. The van der Waals surface area contributed by atoms with Crippen molar-refractivity contribution in [2.24, 2.45) is 7.05 Å². The lowest BCUT2D eigenvalue weighted by Crippen LogP contribution is -2.25. The molecule has 1 unspecified atom stereocenters. The summed E-state index contributed by atoms with van der Waals surface area (Å²) in [7, 11) is 1.94. The molecule has 4 nitrogen and oxygen atoms in total. The maximum Gasteiger partial charge on any atom is 0.0798 e. The molecule has 0 aliphatic heterocycles. The van der Waals surface area contributed by atoms with Crippen LogP contribution in [0.2, 0.25) is 0 Å². The Kier molecular flexibility index (Phi) is 4.90. The van der Waals surface area contributed by atoms with Crippen molar-refractivity contribution in [3.05, 3.63) is 47.3 Å². The summed E-state index contributed by atoms with van der Waals surface area (Å²) >= 11 is 0. The van der Waals surface area contributed by atoms with Crippen molar-refractivity contribution in [2.75, 3.05) is 6.54 Å². The van der Waals surface area contributed by atoms with Crippen LogP contribution in [0, 0.1) is 0 Å². The molecule has 0 saturated carbocycles. The van der Waals surface area contributed by atoms with E-state index in [0.717, 1.165) is 18.7 Å². The molecule has 0 fully saturated rings. The Morgan fingerprint density at radius 3 is 2.30 bits per heavy atom. The van der Waals surface area contributed by atoms with Crippen LogP contribution >= 0.6 is 0 Å². The van der Waals surface area contributed by atoms with E-state index in [4.69, 9.17) is 0 Å². The highest BCUT2D eigenvalue weighted by atomic mass is 15.4. The van der Waals surface area contributed by atoms with E-state index in [1.54, 1.807) is 0 Å². The monoisotopic (exact) mass is 272 g/mol. The Bertz CT molecular complexity index is 528. The Morgan fingerprint density at radius 2 is 1.80 bits per heavy atom. The minimum atomic E-state index is 0.149. The van der Waals surface area contributed by atoms with Crippen molar-refractivity contribution < 1.29 is 0 Å². The molecular weight excluding hydrogens is 248 g/mol. The molecule has 0 radical (unpaired) electrons. The Hall–Kier alpha value is -1.68. The average Bonchev–Trinajstić information content (AvgIpc) is 2.86. The third kappa shape index (κ3) is 3.25. The molecule has 0 spiro atoms. The molecule has 1 aromatic carbocycles. The number of nitrogens with zero attached hydrogens (tertiary/aromatic N) is 3. The van der Waals surface area contributed by atoms with Crippen LogP contribution in [0.5, 0.6) is 0 Å². The van der Waals surface area contributed by atoms with E-state index in [1.807, 2.05) is 17.9 Å². The minimum absolute atomic E-state index is 0.149. The molecule has 1 atom stereocenters. The van der Waals surface area contributed by atoms with Gasteiger partial charge in [0.1, 0.15) is 0 Å². The number of benzene rings is 1. The number of aromatic nitrogens is 3. The zero-order chi connectivity index (χ0) is 14.5. The predicted molar refractivity (Wildman–Crippen MR) is 81.7 cm³/mol. The molecule has 1 N–H and O–H groups in total. The summed E-state index contributed by atoms with van der Waals surface area (Å²) in [5, 5.41) is 11.6. The Labute approximate surface area is 121 Å². The van der Waals surface area contributed by atoms with Crippen LogP contribution in [0.4, 0.5) is 0 Å². The van der Waals surface area contributed by atoms with Gasteiger partial charge in [0.2, 0.25) is 0 Å². The van der Waals surface area contributed by atoms with Crippen LogP contribution in [-0.4, -0.2) is 21.5 Å². The van der Waals surface area contributed by atoms with Gasteiger partial charge >= 0.3 is 0 Å². The van der Waals surface area contributed by atoms with Crippen molar-refractivity contribution >= 4 is 0 Å². The number of hydrogen-bond donors (Lipinski definition) is 1. The van der Waals surface area contributed by atoms with E-state index in [-0.39, 0.29) is 6.04 Å². The van der Waals surface area contributed by atoms with Gasteiger partial charge in [-0.05, 0) is 30.0 Å². The minimum Gasteiger partial charge on any atom is -0.305 e. The fourth-order valence-corrected chi connectivity index (χ4v) is 2.31. The van der Waals surface area contributed by atoms with Crippen molar-refractivity contribution in [3.8, 4) is 0 Å². The van der Waals surface area contributed by atoms with Crippen molar-refractivity contribution in [1.82, 2.24) is 20.3 Å². The molecular formula is C16H24N4. The zero-order valence-corrected chi connectivity index (χ0v) is 12.8. The highest BCUT2D eigenvalue weighted by Gasteiger charge is 2.17. The lowest BCUT2D eigenvalue weighted by atomic mass is 9.98. The average molecular weight is 272 g/mol. The largest absolute Gasteiger partial charge is 0.305 e. The van der Waals surface area contributed by atoms with Crippen molar-refractivity contribution in [1.29, 1.82) is 0 Å². The van der Waals surface area contributed by atoms with E-state index in [2.05, 4.69) is 60.7 Å². The van der Waals surface area contributed by atoms with Crippen molar-refractivity contribution in [2.45, 2.75) is 39.2 Å². The van der Waals surface area contributed by atoms with Gasteiger partial charge in [-0.3, -0.25) is 4.68 Å². The smallest absolute Gasteiger partial charge is 0.0798 e. The quantitative estimate of drug-likeness (QED) is 0.879. The Morgan fingerprint density at radius 1 is 1.15 bits per heavy atom. The molecule has 2 aromatic rings. The second kappa shape index (κ2) is 6.66. The summed E-state index contributed by atoms with van der Waals surface area (Å²) in [5.41, 5.74) is 3.72. The third-order valence-electron chi connectivity index (χ3n) is 3.58. The van der Waals surface area contributed by atoms with Crippen LogP contribution in [0.1, 0.15) is 56.0 Å². The number of aryl methyl sites for hydroxylation is 1. The van der Waals surface area contributed by atoms with E-state index in [0.29, 0.717) is 5.92 Å². The van der Waals surface area contributed by atoms with Gasteiger partial charge in [0, 0.05) is 7.05 Å². The van der Waals surface area contributed by atoms with Crippen LogP contribution in [-0.2, 0) is 7.05 Å². The molecule has 2 rings (SSSR count). The summed E-state index contributed by atoms with van der Waals surface area (Å²) in [6.45, 7) is 7.58. The zero-order valence-electron chi connectivity index (χ0n) is 12.8. The first-order chi connectivity index (χ1) is 9.63. The second-order valence-electron chi connectivity index (χ2n) is 5.49. The summed E-state index contributed by atoms with van der Waals surface area (Å²) in [6, 6.07) is 8.98. The summed E-state index contributed by atoms with van der Waals surface area (Å²) in [5.74, 6) is 0.560. The molecule has 0 amide bonds. The fourth-order valence-electron chi connectivity index (χ4n) is 2.31. The summed E-state index contributed by atoms with van der Waals surface area (Å²) < 4.78 is 1.84. The topological polar surface area (TPSA) is 42.7 Å². The third-order valence-corrected chi connectivity index (χ3v) is 3.58. The fraction of sp³-hybridized carbons (Fsp3) is 0.500. The predicted octanol–water partition coefficient (Wildman–Crippen LogP) is 3.03. The molecule has 0 aliphatic carbocycles. The highest BCUT2D eigenvalue weighted by Crippen LogP contribution is 2.23. The lowest BCUT2D eigenvalue weighted by Gasteiger charge is -2.19. The number of rotatable bonds is 6. The Balaban J connectivity index is 2.29. The van der Waals surface area contributed by atoms with Gasteiger partial charge in [-0.25, -0.2) is 0 Å². The van der Waals surface area contributed by atoms with Gasteiger partial charge < -0.3 is 5.32 Å². The van der Waals surface area contributed by atoms with Gasteiger partial charge in [-0.1, -0.05) is 50.3 Å². The first-order valence-corrected chi connectivity index (χ1v) is 7.31. The SMILES string of the molecule is CCCNC(c1ccc(C(C)C)cc1)c1cnnn1C. The molecule has 1 heterocycles. The van der Waals surface area contributed by atoms with E-state index in [9.17, 15) is 0 Å². The van der Waals surface area contributed by atoms with Gasteiger partial charge in [0.05, 0.1) is 17.9 Å². The van der Waals surface area contributed by atoms with E-state index < -0.39 is 0 Å². The molecule has 0 aliphatic rings. The van der Waals surface area contributed by atoms with E-state index >= 15 is 0 Å². The van der Waals surface area contributed by atoms with Crippen LogP contribution in [0.3, 0.4) is 0 Å². The molecule has 0 bridgehead atoms. The van der Waals surface area contributed by atoms with E-state index in [1.165, 1.54) is 11.1 Å². The molecule has 4 heteroatoms. The number of hydrogen-bond acceptors (Lipinski definition) is 3. The standard InChI is InChI=1S/C16H24N4/c1-5-10-17-16(15-11-18-19-20(15)4)14-8-6-13(7-9-14)12(2)3/h6-9,11-12,16-17H,5,10H2,1-4H3. The summed E-state index contributed by atoms with van der Waals surface area (Å²) in [6.07, 6.45) is 2.94. The summed E-state index contributed by atoms with van der Waals surface area (Å²) in [4.78, 5) is 0. The van der Waals surface area contributed by atoms with Crippen LogP contribution < -0.4 is 5.32 Å². The normalized spacial score (nSPS) is 12.8. The molecule has 108 valence electrons. The maximum absolute atomic E-state index is 4.04. The van der Waals surface area contributed by atoms with Gasteiger partial charge in [-0.2, -0.15) is 0 Å². The van der Waals surface area contributed by atoms with Crippen molar-refractivity contribution in [3.63, 3.8) is 0 Å². The lowest BCUT2D eigenvalue weighted by molar-refractivity contribution is 0.550. The maximum atomic E-state index is 4.04. The molecule has 1 aromatic heterocycles. The number of nitrogens with one attached hydrogen (secondary N) is 1. The van der Waals surface area contributed by atoms with Gasteiger partial charge in [-0.15, -0.1) is 5.10 Å². The van der Waals surface area contributed by atoms with Gasteiger partial charge in [0.25, 0.3) is 0 Å². The first-order valence-electron chi connectivity index (χ1n) is 7.31.